The molecule has 2 aromatic rings. The van der Waals surface area contributed by atoms with Gasteiger partial charge in [-0.25, -0.2) is 4.39 Å². The summed E-state index contributed by atoms with van der Waals surface area (Å²) in [5.74, 6) is -1.61. The van der Waals surface area contributed by atoms with Gasteiger partial charge in [0.1, 0.15) is 18.4 Å². The standard InChI is InChI=1S/C22H22FN3O3/c1-13-5-6-14(2)17(10-13)24-20(27)12-26-19-11-15(23)7-8-16(19)21(28)25-9-3-4-18(25)22(26)29/h5-8,10-11,18H,3-4,9,12H2,1-2H3,(H,24,27). The zero-order valence-corrected chi connectivity index (χ0v) is 16.4. The quantitative estimate of drug-likeness (QED) is 0.869. The maximum atomic E-state index is 14.0. The monoisotopic (exact) mass is 395 g/mol. The molecule has 29 heavy (non-hydrogen) atoms. The molecule has 2 aliphatic rings. The lowest BCUT2D eigenvalue weighted by atomic mass is 10.1. The Hall–Kier alpha value is -3.22. The highest BCUT2D eigenvalue weighted by molar-refractivity contribution is 6.13. The zero-order chi connectivity index (χ0) is 20.7. The predicted octanol–water partition coefficient (Wildman–Crippen LogP) is 3.03. The Kier molecular flexibility index (Phi) is 4.82. The Labute approximate surface area is 168 Å². The second-order valence-electron chi connectivity index (χ2n) is 7.61. The van der Waals surface area contributed by atoms with Gasteiger partial charge in [0.15, 0.2) is 0 Å². The first-order valence-electron chi connectivity index (χ1n) is 9.64. The molecule has 0 saturated carbocycles. The van der Waals surface area contributed by atoms with E-state index in [4.69, 9.17) is 0 Å². The van der Waals surface area contributed by atoms with Crippen LogP contribution in [0.3, 0.4) is 0 Å². The summed E-state index contributed by atoms with van der Waals surface area (Å²) in [4.78, 5) is 41.6. The van der Waals surface area contributed by atoms with E-state index in [0.29, 0.717) is 18.7 Å². The molecule has 1 unspecified atom stereocenters. The fourth-order valence-electron chi connectivity index (χ4n) is 4.00. The Bertz CT molecular complexity index is 1020. The number of nitrogens with one attached hydrogen (secondary N) is 1. The van der Waals surface area contributed by atoms with Crippen LogP contribution in [0.5, 0.6) is 0 Å². The summed E-state index contributed by atoms with van der Waals surface area (Å²) >= 11 is 0. The van der Waals surface area contributed by atoms with Crippen LogP contribution in [-0.2, 0) is 9.59 Å². The molecule has 1 N–H and O–H groups in total. The molecule has 0 bridgehead atoms. The van der Waals surface area contributed by atoms with Crippen LogP contribution in [0.25, 0.3) is 0 Å². The van der Waals surface area contributed by atoms with E-state index in [1.807, 2.05) is 32.0 Å². The van der Waals surface area contributed by atoms with Gasteiger partial charge in [-0.15, -0.1) is 0 Å². The van der Waals surface area contributed by atoms with E-state index in [1.165, 1.54) is 21.9 Å². The largest absolute Gasteiger partial charge is 0.327 e. The average Bonchev–Trinajstić information content (AvgIpc) is 3.15. The van der Waals surface area contributed by atoms with Crippen molar-refractivity contribution in [3.05, 3.63) is 58.9 Å². The van der Waals surface area contributed by atoms with Crippen LogP contribution in [0.4, 0.5) is 15.8 Å². The molecular formula is C22H22FN3O3. The summed E-state index contributed by atoms with van der Waals surface area (Å²) in [7, 11) is 0. The molecule has 1 atom stereocenters. The molecule has 0 spiro atoms. The van der Waals surface area contributed by atoms with Crippen LogP contribution < -0.4 is 10.2 Å². The SMILES string of the molecule is Cc1ccc(C)c(NC(=O)CN2C(=O)C3CCCN3C(=O)c3ccc(F)cc32)c1. The maximum absolute atomic E-state index is 14.0. The molecule has 0 aliphatic carbocycles. The van der Waals surface area contributed by atoms with Gasteiger partial charge in [0, 0.05) is 12.2 Å². The van der Waals surface area contributed by atoms with Gasteiger partial charge in [0.2, 0.25) is 11.8 Å². The van der Waals surface area contributed by atoms with Crippen LogP contribution in [0.15, 0.2) is 36.4 Å². The number of carbonyl (C=O) groups excluding carboxylic acids is 3. The molecule has 2 aromatic carbocycles. The number of hydrogen-bond acceptors (Lipinski definition) is 3. The number of halogens is 1. The highest BCUT2D eigenvalue weighted by Crippen LogP contribution is 2.33. The molecule has 3 amide bonds. The average molecular weight is 395 g/mol. The Morgan fingerprint density at radius 3 is 2.76 bits per heavy atom. The van der Waals surface area contributed by atoms with E-state index >= 15 is 0 Å². The van der Waals surface area contributed by atoms with Gasteiger partial charge < -0.3 is 15.1 Å². The van der Waals surface area contributed by atoms with E-state index in [9.17, 15) is 18.8 Å². The molecule has 1 fully saturated rings. The van der Waals surface area contributed by atoms with E-state index < -0.39 is 17.8 Å². The lowest BCUT2D eigenvalue weighted by molar-refractivity contribution is -0.124. The summed E-state index contributed by atoms with van der Waals surface area (Å²) in [6.45, 7) is 3.99. The number of carbonyl (C=O) groups is 3. The van der Waals surface area contributed by atoms with Gasteiger partial charge in [-0.05, 0) is 62.1 Å². The highest BCUT2D eigenvalue weighted by Gasteiger charge is 2.42. The first-order valence-corrected chi connectivity index (χ1v) is 9.64. The van der Waals surface area contributed by atoms with Gasteiger partial charge in [0.25, 0.3) is 5.91 Å². The van der Waals surface area contributed by atoms with Crippen LogP contribution in [0.2, 0.25) is 0 Å². The number of amides is 3. The summed E-state index contributed by atoms with van der Waals surface area (Å²) in [6.07, 6.45) is 1.26. The van der Waals surface area contributed by atoms with Gasteiger partial charge in [-0.2, -0.15) is 0 Å². The van der Waals surface area contributed by atoms with Crippen molar-refractivity contribution >= 4 is 29.1 Å². The third-order valence-electron chi connectivity index (χ3n) is 5.51. The number of nitrogens with zero attached hydrogens (tertiary/aromatic N) is 2. The van der Waals surface area contributed by atoms with Crippen molar-refractivity contribution in [1.29, 1.82) is 0 Å². The molecular weight excluding hydrogens is 373 g/mol. The van der Waals surface area contributed by atoms with Gasteiger partial charge >= 0.3 is 0 Å². The second kappa shape index (κ2) is 7.31. The summed E-state index contributed by atoms with van der Waals surface area (Å²) in [5, 5.41) is 2.83. The summed E-state index contributed by atoms with van der Waals surface area (Å²) in [6, 6.07) is 8.82. The van der Waals surface area contributed by atoms with Gasteiger partial charge in [-0.3, -0.25) is 14.4 Å². The molecule has 2 aliphatic heterocycles. The van der Waals surface area contributed by atoms with E-state index in [-0.39, 0.29) is 29.6 Å². The molecule has 2 heterocycles. The molecule has 150 valence electrons. The Morgan fingerprint density at radius 2 is 1.97 bits per heavy atom. The number of rotatable bonds is 3. The second-order valence-corrected chi connectivity index (χ2v) is 7.61. The van der Waals surface area contributed by atoms with Crippen LogP contribution in [-0.4, -0.2) is 41.8 Å². The van der Waals surface area contributed by atoms with Crippen molar-refractivity contribution in [1.82, 2.24) is 4.90 Å². The van der Waals surface area contributed by atoms with Crippen molar-refractivity contribution in [2.24, 2.45) is 0 Å². The lowest BCUT2D eigenvalue weighted by Crippen LogP contribution is -2.47. The molecule has 6 nitrogen and oxygen atoms in total. The van der Waals surface area contributed by atoms with E-state index in [2.05, 4.69) is 5.32 Å². The van der Waals surface area contributed by atoms with Crippen molar-refractivity contribution in [3.63, 3.8) is 0 Å². The highest BCUT2D eigenvalue weighted by atomic mass is 19.1. The predicted molar refractivity (Wildman–Crippen MR) is 107 cm³/mol. The van der Waals surface area contributed by atoms with Crippen molar-refractivity contribution in [3.8, 4) is 0 Å². The van der Waals surface area contributed by atoms with Gasteiger partial charge in [-0.1, -0.05) is 12.1 Å². The van der Waals surface area contributed by atoms with Crippen molar-refractivity contribution < 1.29 is 18.8 Å². The number of benzene rings is 2. The topological polar surface area (TPSA) is 69.7 Å². The maximum Gasteiger partial charge on any atom is 0.256 e. The normalized spacial score (nSPS) is 18.4. The smallest absolute Gasteiger partial charge is 0.256 e. The Balaban J connectivity index is 1.67. The number of fused-ring (bicyclic) bond motifs is 2. The van der Waals surface area contributed by atoms with E-state index in [0.717, 1.165) is 23.6 Å². The molecule has 4 rings (SSSR count). The third kappa shape index (κ3) is 3.48. The van der Waals surface area contributed by atoms with Crippen molar-refractivity contribution in [2.75, 3.05) is 23.3 Å². The minimum Gasteiger partial charge on any atom is -0.327 e. The molecule has 0 aromatic heterocycles. The number of hydrogen-bond donors (Lipinski definition) is 1. The molecule has 7 heteroatoms. The molecule has 0 radical (unpaired) electrons. The number of aryl methyl sites for hydroxylation is 2. The van der Waals surface area contributed by atoms with Crippen LogP contribution in [0.1, 0.15) is 34.3 Å². The first-order chi connectivity index (χ1) is 13.8. The Morgan fingerprint density at radius 1 is 1.17 bits per heavy atom. The van der Waals surface area contributed by atoms with E-state index in [1.54, 1.807) is 0 Å². The minimum atomic E-state index is -0.619. The summed E-state index contributed by atoms with van der Waals surface area (Å²) in [5.41, 5.74) is 2.94. The first kappa shape index (κ1) is 19.1. The van der Waals surface area contributed by atoms with Crippen molar-refractivity contribution in [2.45, 2.75) is 32.7 Å². The van der Waals surface area contributed by atoms with Crippen LogP contribution >= 0.6 is 0 Å². The lowest BCUT2D eigenvalue weighted by Gasteiger charge is -2.25. The fraction of sp³-hybridized carbons (Fsp3) is 0.318. The zero-order valence-electron chi connectivity index (χ0n) is 16.4. The van der Waals surface area contributed by atoms with Crippen LogP contribution in [0, 0.1) is 19.7 Å². The number of anilines is 2. The third-order valence-corrected chi connectivity index (χ3v) is 5.51. The fourth-order valence-corrected chi connectivity index (χ4v) is 4.00. The summed E-state index contributed by atoms with van der Waals surface area (Å²) < 4.78 is 14.0. The van der Waals surface area contributed by atoms with Gasteiger partial charge in [0.05, 0.1) is 11.3 Å². The molecule has 1 saturated heterocycles. The minimum absolute atomic E-state index is 0.144.